The molecule has 0 aliphatic carbocycles. The quantitative estimate of drug-likeness (QED) is 0.570. The number of hydrogen-bond acceptors (Lipinski definition) is 5. The Morgan fingerprint density at radius 1 is 1.40 bits per heavy atom. The summed E-state index contributed by atoms with van der Waals surface area (Å²) in [4.78, 5) is 22.5. The van der Waals surface area contributed by atoms with Crippen molar-refractivity contribution in [3.8, 4) is 0 Å². The van der Waals surface area contributed by atoms with Crippen molar-refractivity contribution in [2.75, 3.05) is 19.1 Å². The Balaban J connectivity index is 2.67. The van der Waals surface area contributed by atoms with Crippen molar-refractivity contribution in [2.24, 2.45) is 0 Å². The molecule has 0 atom stereocenters. The summed E-state index contributed by atoms with van der Waals surface area (Å²) >= 11 is 1.59. The molecule has 5 heteroatoms. The van der Waals surface area contributed by atoms with E-state index in [4.69, 9.17) is 4.42 Å². The smallest absolute Gasteiger partial charge is 0.373 e. The molecule has 0 N–H and O–H groups in total. The van der Waals surface area contributed by atoms with Crippen molar-refractivity contribution >= 4 is 23.5 Å². The summed E-state index contributed by atoms with van der Waals surface area (Å²) in [5.74, 6) is 0.348. The zero-order chi connectivity index (χ0) is 11.3. The fourth-order valence-corrected chi connectivity index (χ4v) is 1.41. The third-order valence-electron chi connectivity index (χ3n) is 1.80. The summed E-state index contributed by atoms with van der Waals surface area (Å²) in [5.41, 5.74) is 0. The van der Waals surface area contributed by atoms with Crippen molar-refractivity contribution in [2.45, 2.75) is 6.42 Å². The van der Waals surface area contributed by atoms with E-state index in [0.717, 1.165) is 5.75 Å². The van der Waals surface area contributed by atoms with Crippen LogP contribution in [0.5, 0.6) is 0 Å². The number of ketones is 1. The number of hydrogen-bond donors (Lipinski definition) is 0. The molecule has 0 saturated carbocycles. The lowest BCUT2D eigenvalue weighted by Crippen LogP contribution is -2.00. The van der Waals surface area contributed by atoms with Gasteiger partial charge in [0.05, 0.1) is 7.11 Å². The van der Waals surface area contributed by atoms with Gasteiger partial charge < -0.3 is 9.15 Å². The van der Waals surface area contributed by atoms with Crippen LogP contribution in [0.2, 0.25) is 0 Å². The van der Waals surface area contributed by atoms with Gasteiger partial charge in [0.1, 0.15) is 0 Å². The van der Waals surface area contributed by atoms with Crippen LogP contribution in [-0.4, -0.2) is 30.9 Å². The summed E-state index contributed by atoms with van der Waals surface area (Å²) in [6.07, 6.45) is 2.34. The third kappa shape index (κ3) is 3.13. The van der Waals surface area contributed by atoms with Crippen LogP contribution in [0.15, 0.2) is 16.5 Å². The standard InChI is InChI=1S/C10H12O4S/c1-13-10(12)9-4-3-8(14-9)7(11)5-6-15-2/h3-4H,5-6H2,1-2H3. The van der Waals surface area contributed by atoms with E-state index in [1.165, 1.54) is 19.2 Å². The van der Waals surface area contributed by atoms with Crippen LogP contribution in [0, 0.1) is 0 Å². The van der Waals surface area contributed by atoms with Gasteiger partial charge in [0.2, 0.25) is 5.76 Å². The van der Waals surface area contributed by atoms with Crippen molar-refractivity contribution in [3.63, 3.8) is 0 Å². The zero-order valence-corrected chi connectivity index (χ0v) is 9.43. The van der Waals surface area contributed by atoms with E-state index in [9.17, 15) is 9.59 Å². The van der Waals surface area contributed by atoms with E-state index < -0.39 is 5.97 Å². The highest BCUT2D eigenvalue weighted by atomic mass is 32.2. The summed E-state index contributed by atoms with van der Waals surface area (Å²) < 4.78 is 9.52. The molecule has 0 unspecified atom stereocenters. The third-order valence-corrected chi connectivity index (χ3v) is 2.41. The maximum absolute atomic E-state index is 11.5. The number of rotatable bonds is 5. The molecule has 1 aromatic heterocycles. The predicted octanol–water partition coefficient (Wildman–Crippen LogP) is 2.00. The van der Waals surface area contributed by atoms with Gasteiger partial charge in [-0.2, -0.15) is 11.8 Å². The Kier molecular flexibility index (Phi) is 4.42. The fraction of sp³-hybridized carbons (Fsp3) is 0.400. The first-order valence-corrected chi connectivity index (χ1v) is 5.78. The molecule has 0 amide bonds. The van der Waals surface area contributed by atoms with Gasteiger partial charge in [0.25, 0.3) is 0 Å². The van der Waals surface area contributed by atoms with E-state index in [0.29, 0.717) is 6.42 Å². The number of thioether (sulfide) groups is 1. The topological polar surface area (TPSA) is 56.5 Å². The van der Waals surface area contributed by atoms with Crippen LogP contribution in [0.25, 0.3) is 0 Å². The molecule has 15 heavy (non-hydrogen) atoms. The number of methoxy groups -OCH3 is 1. The molecular weight excluding hydrogens is 216 g/mol. The molecule has 0 aliphatic rings. The Bertz CT molecular complexity index is 356. The van der Waals surface area contributed by atoms with Gasteiger partial charge >= 0.3 is 5.97 Å². The number of carbonyl (C=O) groups is 2. The Hall–Kier alpha value is -1.23. The Morgan fingerprint density at radius 3 is 2.67 bits per heavy atom. The predicted molar refractivity (Wildman–Crippen MR) is 57.4 cm³/mol. The Morgan fingerprint density at radius 2 is 2.07 bits per heavy atom. The first kappa shape index (κ1) is 11.8. The van der Waals surface area contributed by atoms with Crippen LogP contribution in [0.4, 0.5) is 0 Å². The van der Waals surface area contributed by atoms with Crippen molar-refractivity contribution in [1.82, 2.24) is 0 Å². The minimum Gasteiger partial charge on any atom is -0.463 e. The lowest BCUT2D eigenvalue weighted by Gasteiger charge is -1.95. The van der Waals surface area contributed by atoms with Gasteiger partial charge in [0.15, 0.2) is 11.5 Å². The van der Waals surface area contributed by atoms with Crippen LogP contribution >= 0.6 is 11.8 Å². The maximum Gasteiger partial charge on any atom is 0.373 e. The number of carbonyl (C=O) groups excluding carboxylic acids is 2. The number of esters is 1. The molecule has 1 aromatic rings. The molecular formula is C10H12O4S. The molecule has 0 spiro atoms. The van der Waals surface area contributed by atoms with Gasteiger partial charge in [0, 0.05) is 12.2 Å². The lowest BCUT2D eigenvalue weighted by atomic mass is 10.2. The molecule has 0 aliphatic heterocycles. The molecule has 0 bridgehead atoms. The molecule has 0 radical (unpaired) electrons. The first-order valence-electron chi connectivity index (χ1n) is 4.39. The second kappa shape index (κ2) is 5.60. The van der Waals surface area contributed by atoms with E-state index in [1.54, 1.807) is 11.8 Å². The Labute approximate surface area is 92.0 Å². The highest BCUT2D eigenvalue weighted by Crippen LogP contribution is 2.12. The maximum atomic E-state index is 11.5. The van der Waals surface area contributed by atoms with Crippen LogP contribution in [-0.2, 0) is 4.74 Å². The number of ether oxygens (including phenoxy) is 1. The minimum absolute atomic E-state index is 0.0602. The second-order valence-electron chi connectivity index (χ2n) is 2.82. The highest BCUT2D eigenvalue weighted by Gasteiger charge is 2.15. The van der Waals surface area contributed by atoms with E-state index in [-0.39, 0.29) is 17.3 Å². The normalized spacial score (nSPS) is 10.0. The molecule has 1 rings (SSSR count). The van der Waals surface area contributed by atoms with E-state index in [2.05, 4.69) is 4.74 Å². The average molecular weight is 228 g/mol. The van der Waals surface area contributed by atoms with Crippen LogP contribution in [0.3, 0.4) is 0 Å². The van der Waals surface area contributed by atoms with Gasteiger partial charge in [-0.3, -0.25) is 4.79 Å². The van der Waals surface area contributed by atoms with Crippen LogP contribution < -0.4 is 0 Å². The van der Waals surface area contributed by atoms with Gasteiger partial charge in [-0.05, 0) is 18.4 Å². The zero-order valence-electron chi connectivity index (χ0n) is 8.61. The summed E-state index contributed by atoms with van der Waals surface area (Å²) in [6.45, 7) is 0. The summed E-state index contributed by atoms with van der Waals surface area (Å²) in [5, 5.41) is 0. The molecule has 0 saturated heterocycles. The molecule has 4 nitrogen and oxygen atoms in total. The van der Waals surface area contributed by atoms with Crippen LogP contribution in [0.1, 0.15) is 27.5 Å². The number of Topliss-reactive ketones (excluding diaryl/α,β-unsaturated/α-hetero) is 1. The van der Waals surface area contributed by atoms with E-state index in [1.807, 2.05) is 6.26 Å². The van der Waals surface area contributed by atoms with Crippen molar-refractivity contribution < 1.29 is 18.7 Å². The number of furan rings is 1. The van der Waals surface area contributed by atoms with Gasteiger partial charge in [-0.25, -0.2) is 4.79 Å². The highest BCUT2D eigenvalue weighted by molar-refractivity contribution is 7.98. The molecule has 0 aromatic carbocycles. The molecule has 82 valence electrons. The second-order valence-corrected chi connectivity index (χ2v) is 3.81. The van der Waals surface area contributed by atoms with E-state index >= 15 is 0 Å². The lowest BCUT2D eigenvalue weighted by molar-refractivity contribution is 0.0563. The first-order chi connectivity index (χ1) is 7.19. The average Bonchev–Trinajstić information content (AvgIpc) is 2.74. The summed E-state index contributed by atoms with van der Waals surface area (Å²) in [6, 6.07) is 2.94. The van der Waals surface area contributed by atoms with Gasteiger partial charge in [-0.1, -0.05) is 0 Å². The molecule has 0 fully saturated rings. The summed E-state index contributed by atoms with van der Waals surface area (Å²) in [7, 11) is 1.26. The molecule has 1 heterocycles. The van der Waals surface area contributed by atoms with Gasteiger partial charge in [-0.15, -0.1) is 0 Å². The largest absolute Gasteiger partial charge is 0.463 e. The minimum atomic E-state index is -0.570. The van der Waals surface area contributed by atoms with Crippen molar-refractivity contribution in [1.29, 1.82) is 0 Å². The monoisotopic (exact) mass is 228 g/mol. The van der Waals surface area contributed by atoms with Crippen molar-refractivity contribution in [3.05, 3.63) is 23.7 Å². The fourth-order valence-electron chi connectivity index (χ4n) is 1.02. The SMILES string of the molecule is COC(=O)c1ccc(C(=O)CCSC)o1.